The average Bonchev–Trinajstić information content (AvgIpc) is 2.54. The van der Waals surface area contributed by atoms with Gasteiger partial charge in [-0.2, -0.15) is 0 Å². The Labute approximate surface area is 134 Å². The molecule has 5 nitrogen and oxygen atoms in total. The van der Waals surface area contributed by atoms with Crippen molar-refractivity contribution in [1.82, 2.24) is 5.32 Å². The standard InChI is InChI=1S/C18H19NO4/c1-10-8-13-16(17(21)15(10)18(22)23-2)12(9-14(20)19-13)11-6-4-3-5-7-11/h3-7,10,12,15H,8-9H2,1-2H3,(H,19,20)/t10-,12-,15+/m1/s1. The molecular weight excluding hydrogens is 294 g/mol. The van der Waals surface area contributed by atoms with E-state index < -0.39 is 11.9 Å². The third-order valence-electron chi connectivity index (χ3n) is 4.65. The van der Waals surface area contributed by atoms with Crippen LogP contribution in [-0.4, -0.2) is 24.8 Å². The van der Waals surface area contributed by atoms with Crippen LogP contribution in [0.25, 0.3) is 0 Å². The van der Waals surface area contributed by atoms with Gasteiger partial charge >= 0.3 is 5.97 Å². The number of hydrogen-bond acceptors (Lipinski definition) is 4. The molecule has 0 aromatic heterocycles. The van der Waals surface area contributed by atoms with E-state index in [4.69, 9.17) is 4.74 Å². The van der Waals surface area contributed by atoms with E-state index >= 15 is 0 Å². The van der Waals surface area contributed by atoms with Crippen LogP contribution in [0.5, 0.6) is 0 Å². The normalized spacial score (nSPS) is 27.3. The van der Waals surface area contributed by atoms with E-state index in [1.54, 1.807) is 0 Å². The van der Waals surface area contributed by atoms with Gasteiger partial charge in [0, 0.05) is 23.6 Å². The zero-order valence-electron chi connectivity index (χ0n) is 13.2. The first-order valence-electron chi connectivity index (χ1n) is 7.72. The van der Waals surface area contributed by atoms with Crippen molar-refractivity contribution < 1.29 is 19.1 Å². The Morgan fingerprint density at radius 1 is 1.17 bits per heavy atom. The minimum absolute atomic E-state index is 0.0888. The number of allylic oxidation sites excluding steroid dienone is 2. The Bertz CT molecular complexity index is 692. The first-order valence-corrected chi connectivity index (χ1v) is 7.72. The molecule has 3 rings (SSSR count). The van der Waals surface area contributed by atoms with Crippen molar-refractivity contribution in [3.05, 3.63) is 47.2 Å². The van der Waals surface area contributed by atoms with Crippen LogP contribution >= 0.6 is 0 Å². The molecule has 0 radical (unpaired) electrons. The molecule has 1 aliphatic heterocycles. The molecule has 0 bridgehead atoms. The number of methoxy groups -OCH3 is 1. The fourth-order valence-electron chi connectivity index (χ4n) is 3.57. The number of benzene rings is 1. The second-order valence-electron chi connectivity index (χ2n) is 6.15. The Hall–Kier alpha value is -2.43. The van der Waals surface area contributed by atoms with Crippen molar-refractivity contribution in [2.45, 2.75) is 25.7 Å². The predicted octanol–water partition coefficient (Wildman–Crippen LogP) is 1.94. The van der Waals surface area contributed by atoms with E-state index in [0.717, 1.165) is 5.56 Å². The van der Waals surface area contributed by atoms with Crippen molar-refractivity contribution in [2.24, 2.45) is 11.8 Å². The highest BCUT2D eigenvalue weighted by molar-refractivity contribution is 6.11. The van der Waals surface area contributed by atoms with Gasteiger partial charge in [0.25, 0.3) is 0 Å². The molecule has 1 heterocycles. The monoisotopic (exact) mass is 313 g/mol. The summed E-state index contributed by atoms with van der Waals surface area (Å²) < 4.78 is 4.80. The highest BCUT2D eigenvalue weighted by atomic mass is 16.5. The van der Waals surface area contributed by atoms with Gasteiger partial charge < -0.3 is 10.1 Å². The lowest BCUT2D eigenvalue weighted by atomic mass is 9.70. The van der Waals surface area contributed by atoms with Gasteiger partial charge in [0.05, 0.1) is 7.11 Å². The minimum Gasteiger partial charge on any atom is -0.468 e. The summed E-state index contributed by atoms with van der Waals surface area (Å²) in [4.78, 5) is 37.0. The summed E-state index contributed by atoms with van der Waals surface area (Å²) in [6.07, 6.45) is 0.715. The lowest BCUT2D eigenvalue weighted by molar-refractivity contribution is -0.151. The fraction of sp³-hybridized carbons (Fsp3) is 0.389. The molecule has 23 heavy (non-hydrogen) atoms. The maximum Gasteiger partial charge on any atom is 0.316 e. The number of carbonyl (C=O) groups is 3. The third kappa shape index (κ3) is 2.67. The number of rotatable bonds is 2. The third-order valence-corrected chi connectivity index (χ3v) is 4.65. The first-order chi connectivity index (χ1) is 11.0. The summed E-state index contributed by atoms with van der Waals surface area (Å²) >= 11 is 0. The van der Waals surface area contributed by atoms with Crippen LogP contribution in [0, 0.1) is 11.8 Å². The van der Waals surface area contributed by atoms with E-state index in [2.05, 4.69) is 5.32 Å². The van der Waals surface area contributed by atoms with Gasteiger partial charge in [-0.3, -0.25) is 14.4 Å². The summed E-state index contributed by atoms with van der Waals surface area (Å²) in [5.74, 6) is -2.10. The van der Waals surface area contributed by atoms with E-state index in [0.29, 0.717) is 17.7 Å². The number of hydrogen-bond donors (Lipinski definition) is 1. The summed E-state index contributed by atoms with van der Waals surface area (Å²) in [7, 11) is 1.30. The Balaban J connectivity index is 2.07. The first kappa shape index (κ1) is 15.5. The van der Waals surface area contributed by atoms with Crippen molar-refractivity contribution in [3.63, 3.8) is 0 Å². The topological polar surface area (TPSA) is 72.5 Å². The van der Waals surface area contributed by atoms with Crippen molar-refractivity contribution in [2.75, 3.05) is 7.11 Å². The zero-order chi connectivity index (χ0) is 16.6. The average molecular weight is 313 g/mol. The molecule has 2 aliphatic rings. The van der Waals surface area contributed by atoms with Gasteiger partial charge in [-0.25, -0.2) is 0 Å². The fourth-order valence-corrected chi connectivity index (χ4v) is 3.57. The van der Waals surface area contributed by atoms with Crippen molar-refractivity contribution in [3.8, 4) is 0 Å². The molecule has 3 atom stereocenters. The highest BCUT2D eigenvalue weighted by Crippen LogP contribution is 2.41. The zero-order valence-corrected chi connectivity index (χ0v) is 13.2. The smallest absolute Gasteiger partial charge is 0.316 e. The molecule has 0 spiro atoms. The quantitative estimate of drug-likeness (QED) is 0.669. The summed E-state index contributed by atoms with van der Waals surface area (Å²) in [5, 5.41) is 2.82. The maximum absolute atomic E-state index is 13.0. The highest BCUT2D eigenvalue weighted by Gasteiger charge is 2.45. The van der Waals surface area contributed by atoms with Gasteiger partial charge in [-0.1, -0.05) is 37.3 Å². The second kappa shape index (κ2) is 5.99. The summed E-state index contributed by atoms with van der Waals surface area (Å²) in [6.45, 7) is 1.83. The number of nitrogens with one attached hydrogen (secondary N) is 1. The number of esters is 1. The molecule has 0 unspecified atom stereocenters. The maximum atomic E-state index is 13.0. The summed E-state index contributed by atoms with van der Waals surface area (Å²) in [6, 6.07) is 9.48. The molecule has 0 fully saturated rings. The Kier molecular flexibility index (Phi) is 4.03. The Morgan fingerprint density at radius 3 is 2.52 bits per heavy atom. The van der Waals surface area contributed by atoms with E-state index in [1.165, 1.54) is 7.11 Å². The van der Waals surface area contributed by atoms with Crippen molar-refractivity contribution >= 4 is 17.7 Å². The van der Waals surface area contributed by atoms with Crippen LogP contribution in [0.2, 0.25) is 0 Å². The lowest BCUT2D eigenvalue weighted by Gasteiger charge is -2.36. The number of amides is 1. The van der Waals surface area contributed by atoms with E-state index in [-0.39, 0.29) is 29.9 Å². The van der Waals surface area contributed by atoms with Crippen LogP contribution in [0.4, 0.5) is 0 Å². The second-order valence-corrected chi connectivity index (χ2v) is 6.15. The number of carbonyl (C=O) groups excluding carboxylic acids is 3. The molecule has 1 N–H and O–H groups in total. The van der Waals surface area contributed by atoms with Crippen molar-refractivity contribution in [1.29, 1.82) is 0 Å². The van der Waals surface area contributed by atoms with Gasteiger partial charge in [0.15, 0.2) is 5.78 Å². The van der Waals surface area contributed by atoms with Crippen LogP contribution < -0.4 is 5.32 Å². The molecule has 1 aromatic rings. The summed E-state index contributed by atoms with van der Waals surface area (Å²) in [5.41, 5.74) is 2.14. The SMILES string of the molecule is COC(=O)[C@@H]1C(=O)C2=C(C[C@H]1C)NC(=O)C[C@@H]2c1ccccc1. The van der Waals surface area contributed by atoms with E-state index in [1.807, 2.05) is 37.3 Å². The molecule has 5 heteroatoms. The van der Waals surface area contributed by atoms with Gasteiger partial charge in [0.2, 0.25) is 5.91 Å². The molecule has 0 saturated carbocycles. The molecule has 1 amide bonds. The van der Waals surface area contributed by atoms with Crippen LogP contribution in [0.1, 0.15) is 31.2 Å². The molecule has 120 valence electrons. The lowest BCUT2D eigenvalue weighted by Crippen LogP contribution is -2.44. The van der Waals surface area contributed by atoms with Gasteiger partial charge in [0.1, 0.15) is 5.92 Å². The van der Waals surface area contributed by atoms with Crippen LogP contribution in [-0.2, 0) is 19.1 Å². The van der Waals surface area contributed by atoms with E-state index in [9.17, 15) is 14.4 Å². The largest absolute Gasteiger partial charge is 0.468 e. The Morgan fingerprint density at radius 2 is 1.87 bits per heavy atom. The predicted molar refractivity (Wildman–Crippen MR) is 83.3 cm³/mol. The molecule has 0 saturated heterocycles. The van der Waals surface area contributed by atoms with Crippen LogP contribution in [0.15, 0.2) is 41.6 Å². The number of Topliss-reactive ketones (excluding diaryl/α,β-unsaturated/α-hetero) is 1. The number of ketones is 1. The molecule has 1 aromatic carbocycles. The minimum atomic E-state index is -0.792. The molecular formula is C18H19NO4. The van der Waals surface area contributed by atoms with Gasteiger partial charge in [-0.05, 0) is 17.9 Å². The number of ether oxygens (including phenoxy) is 1. The van der Waals surface area contributed by atoms with Gasteiger partial charge in [-0.15, -0.1) is 0 Å². The van der Waals surface area contributed by atoms with Crippen LogP contribution in [0.3, 0.4) is 0 Å². The molecule has 1 aliphatic carbocycles.